The van der Waals surface area contributed by atoms with Gasteiger partial charge in [-0.1, -0.05) is 12.2 Å². The Kier molecular flexibility index (Phi) is 3.71. The quantitative estimate of drug-likeness (QED) is 0.834. The molecule has 2 bridgehead atoms. The fraction of sp³-hybridized carbons (Fsp3) is 0.300. The molecule has 25 heavy (non-hydrogen) atoms. The van der Waals surface area contributed by atoms with Crippen LogP contribution in [0.4, 0.5) is 5.69 Å². The Hall–Kier alpha value is -2.82. The SMILES string of the molecule is Cc1ccc(-c2ccc(NC(=O)[C@H]3[C@@H](C(=O)O)[C@H]4C=C[C@H]3C4)cc2)o1. The lowest BCUT2D eigenvalue weighted by Gasteiger charge is -2.23. The van der Waals surface area contributed by atoms with Crippen molar-refractivity contribution < 1.29 is 19.1 Å². The van der Waals surface area contributed by atoms with Crippen LogP contribution >= 0.6 is 0 Å². The van der Waals surface area contributed by atoms with Crippen LogP contribution < -0.4 is 5.32 Å². The Bertz CT molecular complexity index is 849. The number of furan rings is 1. The zero-order chi connectivity index (χ0) is 17.6. The molecule has 2 aliphatic carbocycles. The van der Waals surface area contributed by atoms with Gasteiger partial charge in [-0.2, -0.15) is 0 Å². The maximum absolute atomic E-state index is 12.7. The minimum atomic E-state index is -0.888. The fourth-order valence-corrected chi connectivity index (χ4v) is 4.05. The predicted octanol–water partition coefficient (Wildman–Crippen LogP) is 3.72. The van der Waals surface area contributed by atoms with Gasteiger partial charge in [0, 0.05) is 11.3 Å². The van der Waals surface area contributed by atoms with Gasteiger partial charge in [0.2, 0.25) is 5.91 Å². The van der Waals surface area contributed by atoms with Gasteiger partial charge >= 0.3 is 5.97 Å². The lowest BCUT2D eigenvalue weighted by atomic mass is 9.82. The van der Waals surface area contributed by atoms with E-state index in [2.05, 4.69) is 5.32 Å². The average Bonchev–Trinajstić information content (AvgIpc) is 3.30. The monoisotopic (exact) mass is 337 g/mol. The lowest BCUT2D eigenvalue weighted by Crippen LogP contribution is -2.36. The molecule has 128 valence electrons. The topological polar surface area (TPSA) is 79.5 Å². The smallest absolute Gasteiger partial charge is 0.307 e. The number of carboxylic acid groups (broad SMARTS) is 1. The van der Waals surface area contributed by atoms with E-state index in [1.54, 1.807) is 0 Å². The molecule has 4 atom stereocenters. The summed E-state index contributed by atoms with van der Waals surface area (Å²) >= 11 is 0. The second-order valence-corrected chi connectivity index (χ2v) is 6.82. The van der Waals surface area contributed by atoms with Crippen LogP contribution in [0.15, 0.2) is 53.0 Å². The third-order valence-electron chi connectivity index (χ3n) is 5.22. The molecule has 2 aromatic rings. The van der Waals surface area contributed by atoms with Crippen molar-refractivity contribution in [3.63, 3.8) is 0 Å². The molecule has 5 nitrogen and oxygen atoms in total. The number of hydrogen-bond acceptors (Lipinski definition) is 3. The number of aryl methyl sites for hydroxylation is 1. The van der Waals surface area contributed by atoms with Gasteiger partial charge in [-0.25, -0.2) is 0 Å². The van der Waals surface area contributed by atoms with Crippen LogP contribution in [0.3, 0.4) is 0 Å². The largest absolute Gasteiger partial charge is 0.481 e. The number of carbonyl (C=O) groups excluding carboxylic acids is 1. The third-order valence-corrected chi connectivity index (χ3v) is 5.22. The van der Waals surface area contributed by atoms with Crippen LogP contribution in [0.5, 0.6) is 0 Å². The molecule has 1 fully saturated rings. The number of carbonyl (C=O) groups is 2. The normalized spacial score (nSPS) is 26.8. The zero-order valence-electron chi connectivity index (χ0n) is 13.8. The molecule has 2 aliphatic rings. The molecule has 0 radical (unpaired) electrons. The minimum Gasteiger partial charge on any atom is -0.481 e. The van der Waals surface area contributed by atoms with E-state index in [-0.39, 0.29) is 17.7 Å². The van der Waals surface area contributed by atoms with Gasteiger partial charge in [0.1, 0.15) is 11.5 Å². The maximum Gasteiger partial charge on any atom is 0.307 e. The standard InChI is InChI=1S/C20H19NO4/c1-11-2-9-16(25-11)12-5-7-15(8-6-12)21-19(22)17-13-3-4-14(10-13)18(17)20(23)24/h2-9,13-14,17-18H,10H2,1H3,(H,21,22)(H,23,24)/t13-,14-,17+,18-/m0/s1. The number of amides is 1. The summed E-state index contributed by atoms with van der Waals surface area (Å²) in [6.07, 6.45) is 4.68. The Morgan fingerprint density at radius 2 is 1.72 bits per heavy atom. The number of fused-ring (bicyclic) bond motifs is 2. The highest BCUT2D eigenvalue weighted by atomic mass is 16.4. The van der Waals surface area contributed by atoms with Gasteiger partial charge < -0.3 is 14.8 Å². The van der Waals surface area contributed by atoms with E-state index >= 15 is 0 Å². The zero-order valence-corrected chi connectivity index (χ0v) is 13.8. The Labute approximate surface area is 145 Å². The summed E-state index contributed by atoms with van der Waals surface area (Å²) in [4.78, 5) is 24.2. The van der Waals surface area contributed by atoms with E-state index in [4.69, 9.17) is 4.42 Å². The van der Waals surface area contributed by atoms with Crippen molar-refractivity contribution in [3.05, 3.63) is 54.3 Å². The summed E-state index contributed by atoms with van der Waals surface area (Å²) < 4.78 is 5.59. The van der Waals surface area contributed by atoms with E-state index in [9.17, 15) is 14.7 Å². The molecule has 0 aliphatic heterocycles. The average molecular weight is 337 g/mol. The molecular weight excluding hydrogens is 318 g/mol. The van der Waals surface area contributed by atoms with E-state index in [0.29, 0.717) is 5.69 Å². The highest BCUT2D eigenvalue weighted by molar-refractivity contribution is 5.96. The van der Waals surface area contributed by atoms with Gasteiger partial charge in [-0.05, 0) is 61.6 Å². The number of rotatable bonds is 4. The first-order valence-electron chi connectivity index (χ1n) is 8.42. The van der Waals surface area contributed by atoms with Gasteiger partial charge in [-0.3, -0.25) is 9.59 Å². The Balaban J connectivity index is 1.49. The number of nitrogens with one attached hydrogen (secondary N) is 1. The third kappa shape index (κ3) is 2.76. The number of aliphatic carboxylic acids is 1. The molecular formula is C20H19NO4. The van der Waals surface area contributed by atoms with Crippen LogP contribution in [0, 0.1) is 30.6 Å². The van der Waals surface area contributed by atoms with Crippen LogP contribution in [-0.4, -0.2) is 17.0 Å². The van der Waals surface area contributed by atoms with Crippen LogP contribution in [0.2, 0.25) is 0 Å². The number of anilines is 1. The number of carboxylic acids is 1. The van der Waals surface area contributed by atoms with Crippen LogP contribution in [0.1, 0.15) is 12.2 Å². The molecule has 2 N–H and O–H groups in total. The first kappa shape index (κ1) is 15.7. The molecule has 1 amide bonds. The first-order chi connectivity index (χ1) is 12.0. The highest BCUT2D eigenvalue weighted by Crippen LogP contribution is 2.48. The minimum absolute atomic E-state index is 0.0245. The first-order valence-corrected chi connectivity index (χ1v) is 8.42. The molecule has 0 spiro atoms. The lowest BCUT2D eigenvalue weighted by molar-refractivity contribution is -0.146. The second kappa shape index (κ2) is 5.92. The van der Waals surface area contributed by atoms with E-state index in [0.717, 1.165) is 23.5 Å². The summed E-state index contributed by atoms with van der Waals surface area (Å²) in [6.45, 7) is 1.89. The van der Waals surface area contributed by atoms with Crippen molar-refractivity contribution in [1.29, 1.82) is 0 Å². The van der Waals surface area contributed by atoms with Crippen LogP contribution in [0.25, 0.3) is 11.3 Å². The molecule has 0 unspecified atom stereocenters. The molecule has 1 heterocycles. The second-order valence-electron chi connectivity index (χ2n) is 6.82. The summed E-state index contributed by atoms with van der Waals surface area (Å²) in [5, 5.41) is 12.3. The van der Waals surface area contributed by atoms with Gasteiger partial charge in [0.25, 0.3) is 0 Å². The van der Waals surface area contributed by atoms with Gasteiger partial charge in [-0.15, -0.1) is 0 Å². The summed E-state index contributed by atoms with van der Waals surface area (Å²) in [7, 11) is 0. The molecule has 1 aromatic carbocycles. The van der Waals surface area contributed by atoms with E-state index in [1.165, 1.54) is 0 Å². The summed E-state index contributed by atoms with van der Waals surface area (Å²) in [5.41, 5.74) is 1.59. The molecule has 4 rings (SSSR count). The maximum atomic E-state index is 12.7. The van der Waals surface area contributed by atoms with Gasteiger partial charge in [0.15, 0.2) is 0 Å². The Morgan fingerprint density at radius 1 is 1.04 bits per heavy atom. The summed E-state index contributed by atoms with van der Waals surface area (Å²) in [5.74, 6) is -0.609. The molecule has 5 heteroatoms. The number of allylic oxidation sites excluding steroid dienone is 2. The van der Waals surface area contributed by atoms with Crippen molar-refractivity contribution in [3.8, 4) is 11.3 Å². The molecule has 1 aromatic heterocycles. The van der Waals surface area contributed by atoms with Crippen molar-refractivity contribution in [2.75, 3.05) is 5.32 Å². The van der Waals surface area contributed by atoms with Crippen molar-refractivity contribution in [1.82, 2.24) is 0 Å². The molecule has 1 saturated carbocycles. The fourth-order valence-electron chi connectivity index (χ4n) is 4.05. The van der Waals surface area contributed by atoms with Crippen LogP contribution in [-0.2, 0) is 9.59 Å². The van der Waals surface area contributed by atoms with E-state index < -0.39 is 17.8 Å². The van der Waals surface area contributed by atoms with Crippen molar-refractivity contribution in [2.45, 2.75) is 13.3 Å². The van der Waals surface area contributed by atoms with Crippen molar-refractivity contribution in [2.24, 2.45) is 23.7 Å². The Morgan fingerprint density at radius 3 is 2.32 bits per heavy atom. The molecule has 0 saturated heterocycles. The van der Waals surface area contributed by atoms with Crippen molar-refractivity contribution >= 4 is 17.6 Å². The summed E-state index contributed by atoms with van der Waals surface area (Å²) in [6, 6.07) is 11.2. The number of benzene rings is 1. The van der Waals surface area contributed by atoms with E-state index in [1.807, 2.05) is 55.5 Å². The predicted molar refractivity (Wildman–Crippen MR) is 92.9 cm³/mol. The number of hydrogen-bond donors (Lipinski definition) is 2. The van der Waals surface area contributed by atoms with Gasteiger partial charge in [0.05, 0.1) is 11.8 Å². The highest BCUT2D eigenvalue weighted by Gasteiger charge is 2.51.